The van der Waals surface area contributed by atoms with Gasteiger partial charge < -0.3 is 0 Å². The number of benzene rings is 8. The van der Waals surface area contributed by atoms with Crippen molar-refractivity contribution in [1.82, 2.24) is 0 Å². The third-order valence-corrected chi connectivity index (χ3v) is 12.5. The van der Waals surface area contributed by atoms with E-state index in [1.54, 1.807) is 0 Å². The first kappa shape index (κ1) is 31.3. The highest BCUT2D eigenvalue weighted by Gasteiger charge is 2.41. The molecule has 10 rings (SSSR count). The number of rotatable bonds is 2. The fourth-order valence-corrected chi connectivity index (χ4v) is 9.93. The van der Waals surface area contributed by atoms with E-state index in [1.807, 2.05) is 0 Å². The molecule has 0 fully saturated rings. The van der Waals surface area contributed by atoms with Crippen LogP contribution in [-0.2, 0) is 16.2 Å². The first-order chi connectivity index (χ1) is 24.9. The quantitative estimate of drug-likeness (QED) is 0.161. The highest BCUT2D eigenvalue weighted by Crippen LogP contribution is 2.56. The van der Waals surface area contributed by atoms with Crippen LogP contribution in [0.2, 0.25) is 0 Å². The third-order valence-electron chi connectivity index (χ3n) is 12.5. The molecule has 0 saturated heterocycles. The predicted molar refractivity (Wildman–Crippen MR) is 224 cm³/mol. The molecule has 2 aliphatic carbocycles. The van der Waals surface area contributed by atoms with Crippen LogP contribution < -0.4 is 0 Å². The van der Waals surface area contributed by atoms with Gasteiger partial charge in [0.15, 0.2) is 0 Å². The van der Waals surface area contributed by atoms with E-state index in [2.05, 4.69) is 188 Å². The van der Waals surface area contributed by atoms with Crippen LogP contribution in [0.1, 0.15) is 76.3 Å². The molecule has 0 bridgehead atoms. The van der Waals surface area contributed by atoms with Crippen molar-refractivity contribution in [2.75, 3.05) is 0 Å². The lowest BCUT2D eigenvalue weighted by Gasteiger charge is -2.27. The molecular weight excluding hydrogens is 625 g/mol. The van der Waals surface area contributed by atoms with Crippen molar-refractivity contribution >= 4 is 32.3 Å². The smallest absolute Gasteiger partial charge is 0.0159 e. The Labute approximate surface area is 307 Å². The second-order valence-electron chi connectivity index (χ2n) is 17.4. The molecule has 0 aliphatic heterocycles. The van der Waals surface area contributed by atoms with Gasteiger partial charge in [-0.05, 0) is 140 Å². The highest BCUT2D eigenvalue weighted by atomic mass is 14.4. The van der Waals surface area contributed by atoms with E-state index in [1.165, 1.54) is 105 Å². The van der Waals surface area contributed by atoms with Crippen molar-refractivity contribution in [3.05, 3.63) is 167 Å². The molecule has 52 heavy (non-hydrogen) atoms. The molecule has 0 heterocycles. The summed E-state index contributed by atoms with van der Waals surface area (Å²) < 4.78 is 0. The lowest BCUT2D eigenvalue weighted by Crippen LogP contribution is -2.17. The average Bonchev–Trinajstić information content (AvgIpc) is 3.50. The van der Waals surface area contributed by atoms with Crippen LogP contribution in [0.15, 0.2) is 140 Å². The van der Waals surface area contributed by atoms with E-state index in [4.69, 9.17) is 0 Å². The largest absolute Gasteiger partial charge is 0.0619 e. The van der Waals surface area contributed by atoms with Crippen molar-refractivity contribution in [2.24, 2.45) is 0 Å². The number of fused-ring (bicyclic) bond motifs is 9. The van der Waals surface area contributed by atoms with Crippen molar-refractivity contribution in [1.29, 1.82) is 0 Å². The van der Waals surface area contributed by atoms with Crippen molar-refractivity contribution < 1.29 is 0 Å². The second kappa shape index (κ2) is 10.5. The van der Waals surface area contributed by atoms with E-state index in [-0.39, 0.29) is 16.2 Å². The zero-order valence-electron chi connectivity index (χ0n) is 31.3. The summed E-state index contributed by atoms with van der Waals surface area (Å²) in [4.78, 5) is 0. The maximum Gasteiger partial charge on any atom is 0.0159 e. The van der Waals surface area contributed by atoms with Gasteiger partial charge in [-0.15, -0.1) is 0 Å². The third kappa shape index (κ3) is 4.27. The molecule has 0 spiro atoms. The molecule has 0 unspecified atom stereocenters. The van der Waals surface area contributed by atoms with Gasteiger partial charge in [0.2, 0.25) is 0 Å². The Morgan fingerprint density at radius 3 is 1.65 bits per heavy atom. The van der Waals surface area contributed by atoms with Gasteiger partial charge in [-0.1, -0.05) is 158 Å². The second-order valence-corrected chi connectivity index (χ2v) is 17.4. The van der Waals surface area contributed by atoms with E-state index in [0.717, 1.165) is 0 Å². The monoisotopic (exact) mass is 668 g/mol. The summed E-state index contributed by atoms with van der Waals surface area (Å²) in [6.07, 6.45) is 0. The predicted octanol–water partition coefficient (Wildman–Crippen LogP) is 14.4. The zero-order valence-corrected chi connectivity index (χ0v) is 31.3. The van der Waals surface area contributed by atoms with E-state index in [0.29, 0.717) is 0 Å². The maximum absolute atomic E-state index is 2.52. The lowest BCUT2D eigenvalue weighted by atomic mass is 9.77. The minimum atomic E-state index is -0.107. The maximum atomic E-state index is 2.52. The molecule has 0 radical (unpaired) electrons. The van der Waals surface area contributed by atoms with Gasteiger partial charge in [0.1, 0.15) is 0 Å². The molecule has 8 aromatic carbocycles. The summed E-state index contributed by atoms with van der Waals surface area (Å²) in [5.41, 5.74) is 17.7. The summed E-state index contributed by atoms with van der Waals surface area (Å²) in [6, 6.07) is 53.2. The van der Waals surface area contributed by atoms with Crippen LogP contribution in [-0.4, -0.2) is 0 Å². The van der Waals surface area contributed by atoms with Crippen molar-refractivity contribution in [2.45, 2.75) is 64.7 Å². The molecule has 0 atom stereocenters. The van der Waals surface area contributed by atoms with Gasteiger partial charge in [-0.2, -0.15) is 0 Å². The number of hydrogen-bond donors (Lipinski definition) is 0. The normalized spacial score (nSPS) is 15.1. The first-order valence-electron chi connectivity index (χ1n) is 18.9. The summed E-state index contributed by atoms with van der Waals surface area (Å²) in [5, 5.41) is 7.85. The molecule has 252 valence electrons. The van der Waals surface area contributed by atoms with Crippen LogP contribution in [0.3, 0.4) is 0 Å². The summed E-state index contributed by atoms with van der Waals surface area (Å²) in [7, 11) is 0. The number of hydrogen-bond acceptors (Lipinski definition) is 0. The fourth-order valence-electron chi connectivity index (χ4n) is 9.93. The zero-order chi connectivity index (χ0) is 35.7. The van der Waals surface area contributed by atoms with Crippen LogP contribution in [0, 0.1) is 0 Å². The van der Waals surface area contributed by atoms with Gasteiger partial charge in [-0.3, -0.25) is 0 Å². The van der Waals surface area contributed by atoms with Crippen LogP contribution >= 0.6 is 0 Å². The Hall–Kier alpha value is -5.46. The molecule has 0 nitrogen and oxygen atoms in total. The molecule has 2 aliphatic rings. The molecule has 0 amide bonds. The summed E-state index contributed by atoms with van der Waals surface area (Å²) in [5.74, 6) is 0. The van der Waals surface area contributed by atoms with Crippen LogP contribution in [0.25, 0.3) is 76.8 Å². The molecular formula is C52H44. The Kier molecular flexibility index (Phi) is 6.35. The Balaban J connectivity index is 1.17. The summed E-state index contributed by atoms with van der Waals surface area (Å²) >= 11 is 0. The Morgan fingerprint density at radius 1 is 0.365 bits per heavy atom. The molecule has 0 saturated carbocycles. The van der Waals surface area contributed by atoms with Gasteiger partial charge in [0, 0.05) is 10.8 Å². The van der Waals surface area contributed by atoms with Crippen LogP contribution in [0.4, 0.5) is 0 Å². The van der Waals surface area contributed by atoms with Crippen LogP contribution in [0.5, 0.6) is 0 Å². The molecule has 0 heteroatoms. The SMILES string of the molecule is CC(C)(C)c1c2ccccc2c(-c2ccc3ccccc3c2)c2ccc(-c3ccc4c(c3)C(C)(C)c3cc5c(cc3-4)C(C)(C)c3ccccc3-5)cc12. The fraction of sp³-hybridized carbons (Fsp3) is 0.192. The highest BCUT2D eigenvalue weighted by molar-refractivity contribution is 6.16. The van der Waals surface area contributed by atoms with Gasteiger partial charge in [0.25, 0.3) is 0 Å². The minimum Gasteiger partial charge on any atom is -0.0619 e. The minimum absolute atomic E-state index is 0.0144. The molecule has 0 aromatic heterocycles. The molecule has 8 aromatic rings. The van der Waals surface area contributed by atoms with Crippen molar-refractivity contribution in [3.8, 4) is 44.5 Å². The van der Waals surface area contributed by atoms with E-state index >= 15 is 0 Å². The summed E-state index contributed by atoms with van der Waals surface area (Å²) in [6.45, 7) is 16.7. The topological polar surface area (TPSA) is 0 Å². The standard InChI is InChI=1S/C52H44/c1-50(2,3)49-40-18-11-10-17-38(40)48(35-21-20-31-14-8-9-15-32(31)26-35)39-25-23-33(27-43(39)49)34-22-24-37-42-30-46-41(29-47(42)52(6,7)45(37)28-34)36-16-12-13-19-44(36)51(46,4)5/h8-30H,1-7H3. The average molecular weight is 669 g/mol. The lowest BCUT2D eigenvalue weighted by molar-refractivity contribution is 0.601. The Bertz CT molecular complexity index is 2820. The van der Waals surface area contributed by atoms with E-state index in [9.17, 15) is 0 Å². The van der Waals surface area contributed by atoms with Gasteiger partial charge in [0.05, 0.1) is 0 Å². The molecule has 0 N–H and O–H groups in total. The van der Waals surface area contributed by atoms with Gasteiger partial charge >= 0.3 is 0 Å². The van der Waals surface area contributed by atoms with Gasteiger partial charge in [-0.25, -0.2) is 0 Å². The van der Waals surface area contributed by atoms with E-state index < -0.39 is 0 Å². The first-order valence-corrected chi connectivity index (χ1v) is 18.9. The van der Waals surface area contributed by atoms with Crippen molar-refractivity contribution in [3.63, 3.8) is 0 Å². The Morgan fingerprint density at radius 2 is 0.904 bits per heavy atom.